The summed E-state index contributed by atoms with van der Waals surface area (Å²) in [5.41, 5.74) is 7.53. The highest BCUT2D eigenvalue weighted by Gasteiger charge is 2.37. The van der Waals surface area contributed by atoms with Crippen LogP contribution in [0.5, 0.6) is 0 Å². The molecule has 5 amide bonds. The molecule has 0 bridgehead atoms. The average molecular weight is 1170 g/mol. The standard InChI is InChI=1S/C59H78F2N6O12S2/c1-37(2)45(31-43(68)16-11-8-12-25-66-52(72)21-22-53(66)73)56(75)63-38(3)50(70)29-41(57(76)77)34-81-35-44(69)18-20-48(58(78)79)64-51(71)23-27-80-36-54(74)67(26-13-24-62)55(59(4,5)6)49-28-40(46-30-42(60)17-19-47(46)61)33-65(49)32-39-14-9-7-10-15-39/h7,9-10,14-15,17,19,21-22,28,30,33,37-38,41,45,48,55H,8,11-13,16,18,20,23-27,29,31-32,34-36,62H2,1-6H3,(H,63,75)(H,64,71)(H,76,77)(H,78,79)/t38-,41-,45-,48+,55-/m0/s1. The Hall–Kier alpha value is -6.52. The molecule has 18 nitrogen and oxygen atoms in total. The number of thioether (sulfide) groups is 2. The first kappa shape index (κ1) is 67.0. The minimum Gasteiger partial charge on any atom is -0.481 e. The molecule has 81 heavy (non-hydrogen) atoms. The maximum atomic E-state index is 15.2. The van der Waals surface area contributed by atoms with E-state index in [2.05, 4.69) is 10.6 Å². The van der Waals surface area contributed by atoms with Gasteiger partial charge in [0.25, 0.3) is 11.8 Å². The number of amides is 5. The second-order valence-electron chi connectivity index (χ2n) is 21.7. The Morgan fingerprint density at radius 1 is 0.778 bits per heavy atom. The number of rotatable bonds is 37. The molecular formula is C59H78F2N6O12S2. The Balaban J connectivity index is 1.24. The fraction of sp³-hybridized carbons (Fsp3) is 0.525. The van der Waals surface area contributed by atoms with Gasteiger partial charge >= 0.3 is 11.9 Å². The summed E-state index contributed by atoms with van der Waals surface area (Å²) in [5.74, 6) is -9.59. The molecule has 4 rings (SSSR count). The molecule has 5 atom stereocenters. The molecule has 0 fully saturated rings. The normalized spacial score (nSPS) is 14.3. The molecule has 3 aromatic rings. The molecule has 0 saturated heterocycles. The third-order valence-corrected chi connectivity index (χ3v) is 15.9. The molecule has 1 aromatic heterocycles. The predicted octanol–water partition coefficient (Wildman–Crippen LogP) is 7.40. The van der Waals surface area contributed by atoms with Crippen molar-refractivity contribution < 1.29 is 66.9 Å². The number of ketones is 3. The van der Waals surface area contributed by atoms with Crippen molar-refractivity contribution in [2.24, 2.45) is 28.9 Å². The summed E-state index contributed by atoms with van der Waals surface area (Å²) < 4.78 is 31.6. The second-order valence-corrected chi connectivity index (χ2v) is 23.9. The molecule has 2 heterocycles. The van der Waals surface area contributed by atoms with Crippen molar-refractivity contribution in [3.05, 3.63) is 95.8 Å². The van der Waals surface area contributed by atoms with Crippen molar-refractivity contribution in [2.75, 3.05) is 42.6 Å². The minimum atomic E-state index is -1.42. The van der Waals surface area contributed by atoms with Gasteiger partial charge in [-0.05, 0) is 80.3 Å². The van der Waals surface area contributed by atoms with Gasteiger partial charge < -0.3 is 36.0 Å². The lowest BCUT2D eigenvalue weighted by atomic mass is 9.83. The van der Waals surface area contributed by atoms with Crippen molar-refractivity contribution in [3.8, 4) is 11.1 Å². The molecule has 0 radical (unpaired) electrons. The Morgan fingerprint density at radius 2 is 1.47 bits per heavy atom. The Morgan fingerprint density at radius 3 is 2.10 bits per heavy atom. The predicted molar refractivity (Wildman–Crippen MR) is 307 cm³/mol. The number of Topliss-reactive ketones (excluding diaryl/α,β-unsaturated/α-hetero) is 3. The molecular weight excluding hydrogens is 1090 g/mol. The number of halogens is 2. The maximum Gasteiger partial charge on any atom is 0.326 e. The van der Waals surface area contributed by atoms with Crippen LogP contribution in [0.4, 0.5) is 8.78 Å². The Kier molecular flexibility index (Phi) is 27.1. The van der Waals surface area contributed by atoms with E-state index in [0.29, 0.717) is 50.0 Å². The van der Waals surface area contributed by atoms with Crippen LogP contribution >= 0.6 is 23.5 Å². The lowest BCUT2D eigenvalue weighted by molar-refractivity contribution is -0.143. The lowest BCUT2D eigenvalue weighted by Crippen LogP contribution is -2.44. The third kappa shape index (κ3) is 21.7. The van der Waals surface area contributed by atoms with E-state index >= 15 is 4.39 Å². The minimum absolute atomic E-state index is 0.0440. The largest absolute Gasteiger partial charge is 0.481 e. The molecule has 6 N–H and O–H groups in total. The van der Waals surface area contributed by atoms with Gasteiger partial charge in [-0.25, -0.2) is 13.6 Å². The van der Waals surface area contributed by atoms with Crippen molar-refractivity contribution in [1.29, 1.82) is 0 Å². The average Bonchev–Trinajstić information content (AvgIpc) is 4.08. The monoisotopic (exact) mass is 1160 g/mol. The van der Waals surface area contributed by atoms with Crippen molar-refractivity contribution >= 4 is 82.3 Å². The van der Waals surface area contributed by atoms with Crippen molar-refractivity contribution in [3.63, 3.8) is 0 Å². The zero-order chi connectivity index (χ0) is 60.0. The first-order valence-electron chi connectivity index (χ1n) is 27.3. The van der Waals surface area contributed by atoms with E-state index in [-0.39, 0.29) is 103 Å². The van der Waals surface area contributed by atoms with E-state index in [9.17, 15) is 62.5 Å². The van der Waals surface area contributed by atoms with E-state index < -0.39 is 88.8 Å². The van der Waals surface area contributed by atoms with Crippen LogP contribution in [0.15, 0.2) is 72.9 Å². The number of carboxylic acid groups (broad SMARTS) is 2. The second kappa shape index (κ2) is 32.8. The number of nitrogens with zero attached hydrogens (tertiary/aromatic N) is 3. The van der Waals surface area contributed by atoms with Gasteiger partial charge in [-0.15, -0.1) is 0 Å². The molecule has 0 unspecified atom stereocenters. The number of aliphatic carboxylic acids is 2. The van der Waals surface area contributed by atoms with Crippen LogP contribution in [-0.4, -0.2) is 138 Å². The van der Waals surface area contributed by atoms with Gasteiger partial charge in [-0.1, -0.05) is 71.4 Å². The van der Waals surface area contributed by atoms with Crippen molar-refractivity contribution in [1.82, 2.24) is 25.0 Å². The van der Waals surface area contributed by atoms with E-state index in [1.807, 2.05) is 55.7 Å². The number of hydrogen-bond donors (Lipinski definition) is 5. The van der Waals surface area contributed by atoms with Crippen LogP contribution in [0, 0.1) is 34.8 Å². The summed E-state index contributed by atoms with van der Waals surface area (Å²) in [6, 6.07) is 11.6. The SMILES string of the molecule is CC(C)[C@H](CC(=O)CCCCCN1C(=O)C=CC1=O)C(=O)N[C@@H](C)C(=O)C[C@@H](CSCC(=O)CC[C@@H](NC(=O)CCSCC(=O)N(CCCN)[C@@H](c1cc(-c2cc(F)ccc2F)cn1Cc1ccccc1)C(C)(C)C)C(=O)O)C(=O)O. The summed E-state index contributed by atoms with van der Waals surface area (Å²) >= 11 is 2.13. The summed E-state index contributed by atoms with van der Waals surface area (Å²) in [4.78, 5) is 130. The van der Waals surface area contributed by atoms with Crippen LogP contribution in [0.3, 0.4) is 0 Å². The molecule has 442 valence electrons. The quantitative estimate of drug-likeness (QED) is 0.0278. The van der Waals surface area contributed by atoms with E-state index in [1.165, 1.54) is 30.8 Å². The number of nitrogens with two attached hydrogens (primary N) is 1. The molecule has 0 aliphatic carbocycles. The molecule has 1 aliphatic heterocycles. The zero-order valence-electron chi connectivity index (χ0n) is 47.1. The molecule has 2 aromatic carbocycles. The number of carbonyl (C=O) groups is 10. The number of nitrogens with one attached hydrogen (secondary N) is 2. The van der Waals surface area contributed by atoms with E-state index in [0.717, 1.165) is 40.4 Å². The topological polar surface area (TPSA) is 273 Å². The van der Waals surface area contributed by atoms with Crippen LogP contribution in [-0.2, 0) is 54.5 Å². The number of carbonyl (C=O) groups excluding carboxylic acids is 8. The van der Waals surface area contributed by atoms with Gasteiger partial charge in [0.1, 0.15) is 29.2 Å². The van der Waals surface area contributed by atoms with E-state index in [1.54, 1.807) is 31.0 Å². The summed E-state index contributed by atoms with van der Waals surface area (Å²) in [6.45, 7) is 12.1. The fourth-order valence-electron chi connectivity index (χ4n) is 9.33. The van der Waals surface area contributed by atoms with Crippen LogP contribution in [0.25, 0.3) is 11.1 Å². The highest BCUT2D eigenvalue weighted by molar-refractivity contribution is 8.00. The number of carboxylic acids is 2. The van der Waals surface area contributed by atoms with Gasteiger partial charge in [0.05, 0.1) is 29.5 Å². The maximum absolute atomic E-state index is 15.2. The zero-order valence-corrected chi connectivity index (χ0v) is 48.7. The van der Waals surface area contributed by atoms with Crippen LogP contribution in [0.2, 0.25) is 0 Å². The van der Waals surface area contributed by atoms with Gasteiger partial charge in [0.15, 0.2) is 5.78 Å². The molecule has 1 aliphatic rings. The Bertz CT molecular complexity index is 2710. The number of aromatic nitrogens is 1. The highest BCUT2D eigenvalue weighted by atomic mass is 32.2. The van der Waals surface area contributed by atoms with Gasteiger partial charge in [0, 0.05) is 104 Å². The summed E-state index contributed by atoms with van der Waals surface area (Å²) in [6.07, 6.45) is 5.28. The third-order valence-electron chi connectivity index (χ3n) is 13.8. The number of benzene rings is 2. The summed E-state index contributed by atoms with van der Waals surface area (Å²) in [5, 5.41) is 24.9. The first-order chi connectivity index (χ1) is 38.3. The smallest absolute Gasteiger partial charge is 0.326 e. The van der Waals surface area contributed by atoms with Crippen LogP contribution < -0.4 is 16.4 Å². The summed E-state index contributed by atoms with van der Waals surface area (Å²) in [7, 11) is 0. The highest BCUT2D eigenvalue weighted by Crippen LogP contribution is 2.41. The fourth-order valence-corrected chi connectivity index (χ4v) is 11.2. The van der Waals surface area contributed by atoms with Crippen molar-refractivity contribution in [2.45, 2.75) is 130 Å². The lowest BCUT2D eigenvalue weighted by Gasteiger charge is -2.41. The molecule has 0 spiro atoms. The van der Waals surface area contributed by atoms with Crippen LogP contribution in [0.1, 0.15) is 123 Å². The number of unbranched alkanes of at least 4 members (excludes halogenated alkanes) is 2. The van der Waals surface area contributed by atoms with Gasteiger partial charge in [-0.2, -0.15) is 23.5 Å². The number of hydrogen-bond acceptors (Lipinski definition) is 13. The Labute approximate surface area is 481 Å². The van der Waals surface area contributed by atoms with E-state index in [4.69, 9.17) is 5.73 Å². The molecule has 22 heteroatoms. The van der Waals surface area contributed by atoms with Gasteiger partial charge in [0.2, 0.25) is 17.7 Å². The molecule has 0 saturated carbocycles. The van der Waals surface area contributed by atoms with Gasteiger partial charge in [-0.3, -0.25) is 48.1 Å². The number of imide groups is 1. The first-order valence-corrected chi connectivity index (χ1v) is 29.6.